The van der Waals surface area contributed by atoms with Gasteiger partial charge in [0.05, 0.1) is 10.8 Å². The average Bonchev–Trinajstić information content (AvgIpc) is 2.26. The molecular weight excluding hydrogens is 230 g/mol. The van der Waals surface area contributed by atoms with Gasteiger partial charge >= 0.3 is 0 Å². The summed E-state index contributed by atoms with van der Waals surface area (Å²) in [7, 11) is -0.907. The molecule has 0 amide bonds. The minimum absolute atomic E-state index is 0.0776. The Morgan fingerprint density at radius 3 is 2.47 bits per heavy atom. The van der Waals surface area contributed by atoms with Crippen LogP contribution in [0.1, 0.15) is 31.4 Å². The van der Waals surface area contributed by atoms with E-state index in [9.17, 15) is 4.21 Å². The topological polar surface area (TPSA) is 43.1 Å². The molecule has 0 heterocycles. The first-order valence-electron chi connectivity index (χ1n) is 6.01. The summed E-state index contributed by atoms with van der Waals surface area (Å²) < 4.78 is 12.2. The van der Waals surface area contributed by atoms with Crippen molar-refractivity contribution in [2.75, 3.05) is 12.3 Å². The summed E-state index contributed by atoms with van der Waals surface area (Å²) in [6, 6.07) is 6.09. The van der Waals surface area contributed by atoms with Crippen LogP contribution in [0.5, 0.6) is 0 Å². The molecule has 1 aromatic carbocycles. The largest absolute Gasteiger partial charge is 0.330 e. The van der Waals surface area contributed by atoms with E-state index < -0.39 is 10.8 Å². The Kier molecular flexibility index (Phi) is 4.90. The van der Waals surface area contributed by atoms with Crippen LogP contribution in [0.15, 0.2) is 23.1 Å². The van der Waals surface area contributed by atoms with E-state index in [-0.39, 0.29) is 5.41 Å². The molecule has 0 aliphatic rings. The van der Waals surface area contributed by atoms with Crippen molar-refractivity contribution in [1.82, 2.24) is 0 Å². The first-order valence-corrected chi connectivity index (χ1v) is 7.33. The Bertz CT molecular complexity index is 413. The van der Waals surface area contributed by atoms with Crippen LogP contribution < -0.4 is 5.73 Å². The third kappa shape index (κ3) is 4.25. The lowest BCUT2D eigenvalue weighted by molar-refractivity contribution is 0.367. The summed E-state index contributed by atoms with van der Waals surface area (Å²) in [4.78, 5) is 0.962. The predicted octanol–water partition coefficient (Wildman–Crippen LogP) is 2.79. The van der Waals surface area contributed by atoms with Crippen molar-refractivity contribution in [1.29, 1.82) is 0 Å². The van der Waals surface area contributed by atoms with Gasteiger partial charge in [-0.25, -0.2) is 0 Å². The normalized spacial score (nSPS) is 13.7. The highest BCUT2D eigenvalue weighted by molar-refractivity contribution is 7.85. The number of hydrogen-bond donors (Lipinski definition) is 1. The predicted molar refractivity (Wildman–Crippen MR) is 74.6 cm³/mol. The van der Waals surface area contributed by atoms with Gasteiger partial charge in [-0.1, -0.05) is 31.5 Å². The molecule has 0 aliphatic heterocycles. The summed E-state index contributed by atoms with van der Waals surface area (Å²) in [6.45, 7) is 8.95. The van der Waals surface area contributed by atoms with Crippen molar-refractivity contribution < 1.29 is 4.21 Å². The monoisotopic (exact) mass is 253 g/mol. The molecule has 0 saturated heterocycles. The molecule has 96 valence electrons. The highest BCUT2D eigenvalue weighted by atomic mass is 32.2. The Labute approximate surface area is 107 Å². The lowest BCUT2D eigenvalue weighted by Crippen LogP contribution is -2.25. The van der Waals surface area contributed by atoms with E-state index >= 15 is 0 Å². The number of hydrogen-bond acceptors (Lipinski definition) is 2. The number of aryl methyl sites for hydroxylation is 2. The standard InChI is InChI=1S/C14H23NOS/c1-11-5-6-13(12(2)9-11)17(16)8-7-14(3,4)10-15/h5-6,9H,7-8,10,15H2,1-4H3. The van der Waals surface area contributed by atoms with E-state index in [0.717, 1.165) is 16.9 Å². The molecule has 2 N–H and O–H groups in total. The van der Waals surface area contributed by atoms with Crippen molar-refractivity contribution in [2.24, 2.45) is 11.1 Å². The van der Waals surface area contributed by atoms with Gasteiger partial charge in [0.2, 0.25) is 0 Å². The van der Waals surface area contributed by atoms with Crippen LogP contribution in [0.2, 0.25) is 0 Å². The fourth-order valence-electron chi connectivity index (χ4n) is 1.64. The lowest BCUT2D eigenvalue weighted by Gasteiger charge is -2.21. The molecule has 1 rings (SSSR count). The minimum Gasteiger partial charge on any atom is -0.330 e. The minimum atomic E-state index is -0.907. The van der Waals surface area contributed by atoms with Gasteiger partial charge in [-0.3, -0.25) is 4.21 Å². The third-order valence-corrected chi connectivity index (χ3v) is 4.62. The van der Waals surface area contributed by atoms with E-state index in [4.69, 9.17) is 5.73 Å². The quantitative estimate of drug-likeness (QED) is 0.877. The van der Waals surface area contributed by atoms with E-state index in [1.807, 2.05) is 19.1 Å². The van der Waals surface area contributed by atoms with Gasteiger partial charge in [0, 0.05) is 10.6 Å². The van der Waals surface area contributed by atoms with Crippen LogP contribution in [-0.2, 0) is 10.8 Å². The van der Waals surface area contributed by atoms with Crippen LogP contribution in [-0.4, -0.2) is 16.5 Å². The molecule has 1 aromatic rings. The second kappa shape index (κ2) is 5.78. The van der Waals surface area contributed by atoms with E-state index in [0.29, 0.717) is 12.3 Å². The van der Waals surface area contributed by atoms with Gasteiger partial charge < -0.3 is 5.73 Å². The van der Waals surface area contributed by atoms with Crippen LogP contribution in [0, 0.1) is 19.3 Å². The van der Waals surface area contributed by atoms with Crippen LogP contribution in [0.3, 0.4) is 0 Å². The zero-order valence-electron chi connectivity index (χ0n) is 11.2. The SMILES string of the molecule is Cc1ccc(S(=O)CCC(C)(C)CN)c(C)c1. The first kappa shape index (κ1) is 14.4. The second-order valence-electron chi connectivity index (χ2n) is 5.44. The van der Waals surface area contributed by atoms with Gasteiger partial charge in [-0.15, -0.1) is 0 Å². The van der Waals surface area contributed by atoms with Gasteiger partial charge in [-0.2, -0.15) is 0 Å². The van der Waals surface area contributed by atoms with Crippen LogP contribution >= 0.6 is 0 Å². The molecule has 3 heteroatoms. The van der Waals surface area contributed by atoms with Gasteiger partial charge in [0.25, 0.3) is 0 Å². The number of rotatable bonds is 5. The van der Waals surface area contributed by atoms with Crippen molar-refractivity contribution in [2.45, 2.75) is 39.0 Å². The van der Waals surface area contributed by atoms with Crippen LogP contribution in [0.4, 0.5) is 0 Å². The summed E-state index contributed by atoms with van der Waals surface area (Å²) in [6.07, 6.45) is 0.892. The van der Waals surface area contributed by atoms with E-state index in [1.54, 1.807) is 0 Å². The molecule has 0 aliphatic carbocycles. The molecule has 1 atom stereocenters. The summed E-state index contributed by atoms with van der Waals surface area (Å²) in [5.74, 6) is 0.689. The highest BCUT2D eigenvalue weighted by Crippen LogP contribution is 2.21. The summed E-state index contributed by atoms with van der Waals surface area (Å²) in [5.41, 5.74) is 8.09. The maximum Gasteiger partial charge on any atom is 0.0532 e. The number of benzene rings is 1. The fourth-order valence-corrected chi connectivity index (χ4v) is 3.23. The van der Waals surface area contributed by atoms with Crippen molar-refractivity contribution >= 4 is 10.8 Å². The molecule has 0 spiro atoms. The Balaban J connectivity index is 2.71. The van der Waals surface area contributed by atoms with Crippen molar-refractivity contribution in [3.63, 3.8) is 0 Å². The lowest BCUT2D eigenvalue weighted by atomic mass is 9.91. The van der Waals surface area contributed by atoms with Gasteiger partial charge in [-0.05, 0) is 43.9 Å². The average molecular weight is 253 g/mol. The maximum absolute atomic E-state index is 12.2. The van der Waals surface area contributed by atoms with Crippen molar-refractivity contribution in [3.05, 3.63) is 29.3 Å². The Morgan fingerprint density at radius 2 is 1.94 bits per heavy atom. The Morgan fingerprint density at radius 1 is 1.29 bits per heavy atom. The Hall–Kier alpha value is -0.670. The highest BCUT2D eigenvalue weighted by Gasteiger charge is 2.17. The van der Waals surface area contributed by atoms with Crippen molar-refractivity contribution in [3.8, 4) is 0 Å². The molecule has 0 saturated carbocycles. The van der Waals surface area contributed by atoms with E-state index in [1.165, 1.54) is 5.56 Å². The molecule has 1 unspecified atom stereocenters. The molecule has 0 aromatic heterocycles. The third-order valence-electron chi connectivity index (χ3n) is 3.09. The molecule has 0 fully saturated rings. The number of nitrogens with two attached hydrogens (primary N) is 1. The maximum atomic E-state index is 12.2. The summed E-state index contributed by atoms with van der Waals surface area (Å²) in [5, 5.41) is 0. The fraction of sp³-hybridized carbons (Fsp3) is 0.571. The molecular formula is C14H23NOS. The van der Waals surface area contributed by atoms with Gasteiger partial charge in [0.1, 0.15) is 0 Å². The smallest absolute Gasteiger partial charge is 0.0532 e. The first-order chi connectivity index (χ1) is 7.85. The van der Waals surface area contributed by atoms with Gasteiger partial charge in [0.15, 0.2) is 0 Å². The molecule has 17 heavy (non-hydrogen) atoms. The zero-order valence-corrected chi connectivity index (χ0v) is 12.1. The zero-order chi connectivity index (χ0) is 13.1. The molecule has 0 radical (unpaired) electrons. The van der Waals surface area contributed by atoms with Crippen LogP contribution in [0.25, 0.3) is 0 Å². The molecule has 0 bridgehead atoms. The summed E-state index contributed by atoms with van der Waals surface area (Å²) >= 11 is 0. The van der Waals surface area contributed by atoms with E-state index in [2.05, 4.69) is 26.8 Å². The molecule has 2 nitrogen and oxygen atoms in total. The second-order valence-corrected chi connectivity index (χ2v) is 6.98.